The summed E-state index contributed by atoms with van der Waals surface area (Å²) >= 11 is 13.2. The summed E-state index contributed by atoms with van der Waals surface area (Å²) in [5, 5.41) is 8.81. The second kappa shape index (κ2) is 9.25. The molecule has 1 aromatic rings. The van der Waals surface area contributed by atoms with E-state index < -0.39 is 5.97 Å². The first-order chi connectivity index (χ1) is 9.93. The van der Waals surface area contributed by atoms with Gasteiger partial charge in [-0.25, -0.2) is 0 Å². The molecule has 0 atom stereocenters. The third kappa shape index (κ3) is 6.65. The van der Waals surface area contributed by atoms with Crippen molar-refractivity contribution in [2.24, 2.45) is 0 Å². The highest BCUT2D eigenvalue weighted by Gasteiger charge is 2.16. The Bertz CT molecular complexity index is 493. The Morgan fingerprint density at radius 1 is 1.43 bits per heavy atom. The van der Waals surface area contributed by atoms with E-state index in [-0.39, 0.29) is 25.4 Å². The van der Waals surface area contributed by atoms with Crippen LogP contribution in [0.4, 0.5) is 0 Å². The van der Waals surface area contributed by atoms with Crippen molar-refractivity contribution in [3.8, 4) is 0 Å². The number of carbonyl (C=O) groups is 2. The number of methoxy groups -OCH3 is 1. The van der Waals surface area contributed by atoms with Crippen molar-refractivity contribution in [1.82, 2.24) is 4.90 Å². The zero-order valence-electron chi connectivity index (χ0n) is 11.6. The van der Waals surface area contributed by atoms with Gasteiger partial charge in [0.15, 0.2) is 0 Å². The first-order valence-electron chi connectivity index (χ1n) is 6.36. The van der Waals surface area contributed by atoms with Gasteiger partial charge in [0.2, 0.25) is 5.91 Å². The van der Waals surface area contributed by atoms with Crippen molar-refractivity contribution < 1.29 is 19.4 Å². The van der Waals surface area contributed by atoms with E-state index in [1.54, 1.807) is 6.07 Å². The Morgan fingerprint density at radius 3 is 2.67 bits per heavy atom. The van der Waals surface area contributed by atoms with Crippen LogP contribution in [0.15, 0.2) is 6.07 Å². The predicted octanol–water partition coefficient (Wildman–Crippen LogP) is 2.94. The van der Waals surface area contributed by atoms with Gasteiger partial charge in [-0.05, 0) is 24.5 Å². The number of nitrogens with zero attached hydrogens (tertiary/aromatic N) is 1. The molecule has 1 aromatic heterocycles. The van der Waals surface area contributed by atoms with Gasteiger partial charge in [-0.2, -0.15) is 0 Å². The Balaban J connectivity index is 2.45. The van der Waals surface area contributed by atoms with Crippen LogP contribution >= 0.6 is 34.5 Å². The lowest BCUT2D eigenvalue weighted by Gasteiger charge is -2.20. The van der Waals surface area contributed by atoms with Crippen LogP contribution in [-0.2, 0) is 20.7 Å². The van der Waals surface area contributed by atoms with Gasteiger partial charge < -0.3 is 14.7 Å². The molecule has 21 heavy (non-hydrogen) atoms. The first-order valence-corrected chi connectivity index (χ1v) is 7.93. The minimum Gasteiger partial charge on any atom is -0.480 e. The molecule has 118 valence electrons. The molecule has 0 saturated heterocycles. The van der Waals surface area contributed by atoms with E-state index >= 15 is 0 Å². The molecule has 0 saturated carbocycles. The Labute approximate surface area is 137 Å². The normalized spacial score (nSPS) is 10.6. The van der Waals surface area contributed by atoms with Crippen molar-refractivity contribution >= 4 is 46.4 Å². The Hall–Kier alpha value is -0.820. The highest BCUT2D eigenvalue weighted by atomic mass is 35.5. The highest BCUT2D eigenvalue weighted by molar-refractivity contribution is 7.20. The van der Waals surface area contributed by atoms with Crippen molar-refractivity contribution in [3.63, 3.8) is 0 Å². The SMILES string of the molecule is COCCN(CC(=O)O)C(=O)CCCc1cc(Cl)sc1Cl. The number of thiophene rings is 1. The van der Waals surface area contributed by atoms with E-state index in [0.29, 0.717) is 28.1 Å². The summed E-state index contributed by atoms with van der Waals surface area (Å²) in [5.41, 5.74) is 0.918. The number of carbonyl (C=O) groups excluding carboxylic acids is 1. The van der Waals surface area contributed by atoms with Gasteiger partial charge in [0.1, 0.15) is 6.54 Å². The van der Waals surface area contributed by atoms with Gasteiger partial charge in [0, 0.05) is 20.1 Å². The van der Waals surface area contributed by atoms with Gasteiger partial charge in [0.25, 0.3) is 0 Å². The van der Waals surface area contributed by atoms with E-state index in [1.165, 1.54) is 23.3 Å². The van der Waals surface area contributed by atoms with Gasteiger partial charge in [-0.3, -0.25) is 9.59 Å². The van der Waals surface area contributed by atoms with Crippen molar-refractivity contribution in [2.75, 3.05) is 26.8 Å². The highest BCUT2D eigenvalue weighted by Crippen LogP contribution is 2.32. The van der Waals surface area contributed by atoms with Gasteiger partial charge in [-0.15, -0.1) is 11.3 Å². The maximum absolute atomic E-state index is 12.0. The Kier molecular flexibility index (Phi) is 8.03. The fourth-order valence-electron chi connectivity index (χ4n) is 1.79. The second-order valence-electron chi connectivity index (χ2n) is 4.40. The van der Waals surface area contributed by atoms with Crippen LogP contribution in [0.2, 0.25) is 8.67 Å². The van der Waals surface area contributed by atoms with Crippen LogP contribution in [-0.4, -0.2) is 48.7 Å². The smallest absolute Gasteiger partial charge is 0.323 e. The van der Waals surface area contributed by atoms with E-state index in [1.807, 2.05) is 0 Å². The number of rotatable bonds is 9. The molecule has 0 aliphatic rings. The summed E-state index contributed by atoms with van der Waals surface area (Å²) < 4.78 is 6.13. The number of hydrogen-bond acceptors (Lipinski definition) is 4. The summed E-state index contributed by atoms with van der Waals surface area (Å²) in [6.45, 7) is 0.269. The molecule has 0 unspecified atom stereocenters. The molecule has 1 N–H and O–H groups in total. The average molecular weight is 354 g/mol. The third-order valence-electron chi connectivity index (χ3n) is 2.81. The van der Waals surface area contributed by atoms with E-state index in [2.05, 4.69) is 0 Å². The number of ether oxygens (including phenoxy) is 1. The van der Waals surface area contributed by atoms with Crippen LogP contribution in [0.25, 0.3) is 0 Å². The van der Waals surface area contributed by atoms with Crippen molar-refractivity contribution in [3.05, 3.63) is 20.3 Å². The average Bonchev–Trinajstić information content (AvgIpc) is 2.72. The molecular weight excluding hydrogens is 337 g/mol. The molecule has 0 aliphatic carbocycles. The fraction of sp³-hybridized carbons (Fsp3) is 0.538. The number of aryl methyl sites for hydroxylation is 1. The lowest BCUT2D eigenvalue weighted by molar-refractivity contribution is -0.144. The summed E-state index contributed by atoms with van der Waals surface area (Å²) in [5.74, 6) is -1.24. The van der Waals surface area contributed by atoms with Gasteiger partial charge in [-0.1, -0.05) is 23.2 Å². The third-order valence-corrected chi connectivity index (χ3v) is 4.38. The van der Waals surface area contributed by atoms with E-state index in [4.69, 9.17) is 33.0 Å². The molecule has 8 heteroatoms. The molecule has 0 aromatic carbocycles. The molecule has 1 rings (SSSR count). The second-order valence-corrected chi connectivity index (χ2v) is 6.69. The van der Waals surface area contributed by atoms with E-state index in [9.17, 15) is 9.59 Å². The van der Waals surface area contributed by atoms with Crippen LogP contribution < -0.4 is 0 Å². The zero-order chi connectivity index (χ0) is 15.8. The summed E-state index contributed by atoms with van der Waals surface area (Å²) in [6.07, 6.45) is 1.49. The van der Waals surface area contributed by atoms with Gasteiger partial charge >= 0.3 is 5.97 Å². The topological polar surface area (TPSA) is 66.8 Å². The summed E-state index contributed by atoms with van der Waals surface area (Å²) in [6, 6.07) is 1.79. The number of carboxylic acid groups (broad SMARTS) is 1. The molecule has 0 radical (unpaired) electrons. The van der Waals surface area contributed by atoms with Crippen molar-refractivity contribution in [2.45, 2.75) is 19.3 Å². The molecule has 0 aliphatic heterocycles. The van der Waals surface area contributed by atoms with Crippen LogP contribution in [0.5, 0.6) is 0 Å². The van der Waals surface area contributed by atoms with Gasteiger partial charge in [0.05, 0.1) is 15.3 Å². The number of carboxylic acids is 1. The molecule has 1 amide bonds. The largest absolute Gasteiger partial charge is 0.480 e. The number of aliphatic carboxylic acids is 1. The molecule has 1 heterocycles. The fourth-order valence-corrected chi connectivity index (χ4v) is 3.33. The standard InChI is InChI=1S/C13H17Cl2NO4S/c1-20-6-5-16(8-12(18)19)11(17)4-2-3-9-7-10(14)21-13(9)15/h7H,2-6,8H2,1H3,(H,18,19). The minimum absolute atomic E-state index is 0.202. The molecule has 0 spiro atoms. The molecular formula is C13H17Cl2NO4S. The van der Waals surface area contributed by atoms with E-state index in [0.717, 1.165) is 5.56 Å². The number of amides is 1. The monoisotopic (exact) mass is 353 g/mol. The van der Waals surface area contributed by atoms with Crippen molar-refractivity contribution in [1.29, 1.82) is 0 Å². The first kappa shape index (κ1) is 18.2. The summed E-state index contributed by atoms with van der Waals surface area (Å²) in [7, 11) is 1.51. The Morgan fingerprint density at radius 2 is 2.14 bits per heavy atom. The molecule has 0 fully saturated rings. The quantitative estimate of drug-likeness (QED) is 0.741. The lowest BCUT2D eigenvalue weighted by atomic mass is 10.1. The number of hydrogen-bond donors (Lipinski definition) is 1. The number of halogens is 2. The maximum Gasteiger partial charge on any atom is 0.323 e. The molecule has 0 bridgehead atoms. The summed E-state index contributed by atoms with van der Waals surface area (Å²) in [4.78, 5) is 24.1. The van der Waals surface area contributed by atoms with Crippen LogP contribution in [0.3, 0.4) is 0 Å². The molecule has 5 nitrogen and oxygen atoms in total. The predicted molar refractivity (Wildman–Crippen MR) is 83.4 cm³/mol. The zero-order valence-corrected chi connectivity index (χ0v) is 13.9. The van der Waals surface area contributed by atoms with Crippen LogP contribution in [0.1, 0.15) is 18.4 Å². The lowest BCUT2D eigenvalue weighted by Crippen LogP contribution is -2.37. The maximum atomic E-state index is 12.0. The minimum atomic E-state index is -1.04. The van der Waals surface area contributed by atoms with Crippen LogP contribution in [0, 0.1) is 0 Å².